The van der Waals surface area contributed by atoms with Gasteiger partial charge in [-0.1, -0.05) is 36.4 Å². The normalized spacial score (nSPS) is 11.1. The summed E-state index contributed by atoms with van der Waals surface area (Å²) in [5.74, 6) is -0.941. The van der Waals surface area contributed by atoms with Crippen LogP contribution >= 0.6 is 0 Å². The van der Waals surface area contributed by atoms with Gasteiger partial charge in [0.25, 0.3) is 0 Å². The number of benzene rings is 2. The molecule has 0 saturated carbocycles. The highest BCUT2D eigenvalue weighted by Crippen LogP contribution is 2.21. The Kier molecular flexibility index (Phi) is 3.49. The number of hydrogen-bond donors (Lipinski definition) is 0. The molecule has 0 radical (unpaired) electrons. The number of hydrogen-bond acceptors (Lipinski definition) is 1. The van der Waals surface area contributed by atoms with Crippen molar-refractivity contribution in [1.29, 1.82) is 5.26 Å². The quantitative estimate of drug-likeness (QED) is 0.575. The van der Waals surface area contributed by atoms with Gasteiger partial charge in [-0.2, -0.15) is 5.26 Å². The van der Waals surface area contributed by atoms with Gasteiger partial charge >= 0.3 is 0 Å². The van der Waals surface area contributed by atoms with E-state index in [4.69, 9.17) is 5.26 Å². The van der Waals surface area contributed by atoms with Gasteiger partial charge in [0.05, 0.1) is 11.6 Å². The van der Waals surface area contributed by atoms with Crippen molar-refractivity contribution in [3.8, 4) is 6.07 Å². The minimum Gasteiger partial charge on any atom is -0.206 e. The van der Waals surface area contributed by atoms with Crippen molar-refractivity contribution in [2.45, 2.75) is 0 Å². The van der Waals surface area contributed by atoms with Gasteiger partial charge in [-0.05, 0) is 18.2 Å². The third-order valence-electron chi connectivity index (χ3n) is 2.49. The standard InChI is InChI=1S/C15H9F2N/c16-14-7-3-1-5-11(14)9-12(10-18)13-6-2-4-8-15(13)17/h1-9H. The molecule has 2 aromatic rings. The topological polar surface area (TPSA) is 23.8 Å². The number of halogens is 2. The number of nitriles is 1. The molecule has 0 fully saturated rings. The van der Waals surface area contributed by atoms with Crippen LogP contribution in [-0.4, -0.2) is 0 Å². The Morgan fingerprint density at radius 1 is 0.944 bits per heavy atom. The van der Waals surface area contributed by atoms with Crippen LogP contribution in [0.15, 0.2) is 48.5 Å². The summed E-state index contributed by atoms with van der Waals surface area (Å²) >= 11 is 0. The maximum atomic E-state index is 13.5. The van der Waals surface area contributed by atoms with E-state index in [1.165, 1.54) is 36.4 Å². The SMILES string of the molecule is N#CC(=Cc1ccccc1F)c1ccccc1F. The van der Waals surface area contributed by atoms with Crippen molar-refractivity contribution in [3.05, 3.63) is 71.3 Å². The molecule has 0 amide bonds. The summed E-state index contributed by atoms with van der Waals surface area (Å²) in [6.07, 6.45) is 1.34. The molecule has 0 aliphatic rings. The maximum Gasteiger partial charge on any atom is 0.131 e. The molecular formula is C15H9F2N. The van der Waals surface area contributed by atoms with Crippen LogP contribution in [0.2, 0.25) is 0 Å². The summed E-state index contributed by atoms with van der Waals surface area (Å²) in [6, 6.07) is 13.9. The van der Waals surface area contributed by atoms with Gasteiger partial charge in [-0.25, -0.2) is 8.78 Å². The summed E-state index contributed by atoms with van der Waals surface area (Å²) in [5, 5.41) is 9.05. The van der Waals surface area contributed by atoms with Gasteiger partial charge in [0.1, 0.15) is 11.6 Å². The average Bonchev–Trinajstić information content (AvgIpc) is 2.39. The van der Waals surface area contributed by atoms with Gasteiger partial charge in [-0.3, -0.25) is 0 Å². The fraction of sp³-hybridized carbons (Fsp3) is 0. The summed E-state index contributed by atoms with van der Waals surface area (Å²) < 4.78 is 27.0. The molecule has 0 bridgehead atoms. The lowest BCUT2D eigenvalue weighted by atomic mass is 10.0. The molecular weight excluding hydrogens is 232 g/mol. The van der Waals surface area contributed by atoms with E-state index in [2.05, 4.69) is 0 Å². The molecule has 0 aliphatic carbocycles. The van der Waals surface area contributed by atoms with Crippen LogP contribution in [0.5, 0.6) is 0 Å². The summed E-state index contributed by atoms with van der Waals surface area (Å²) in [4.78, 5) is 0. The van der Waals surface area contributed by atoms with E-state index in [0.29, 0.717) is 0 Å². The van der Waals surface area contributed by atoms with Crippen molar-refractivity contribution < 1.29 is 8.78 Å². The van der Waals surface area contributed by atoms with Crippen LogP contribution in [-0.2, 0) is 0 Å². The van der Waals surface area contributed by atoms with E-state index in [1.54, 1.807) is 18.2 Å². The first-order chi connectivity index (χ1) is 8.72. The third kappa shape index (κ3) is 2.44. The zero-order chi connectivity index (χ0) is 13.0. The molecule has 3 heteroatoms. The second-order valence-electron chi connectivity index (χ2n) is 3.67. The monoisotopic (exact) mass is 241 g/mol. The second kappa shape index (κ2) is 5.24. The molecule has 0 heterocycles. The molecule has 0 atom stereocenters. The Labute approximate surface area is 104 Å². The van der Waals surface area contributed by atoms with Crippen molar-refractivity contribution in [2.75, 3.05) is 0 Å². The predicted molar refractivity (Wildman–Crippen MR) is 66.3 cm³/mol. The van der Waals surface area contributed by atoms with Gasteiger partial charge in [0, 0.05) is 11.1 Å². The Morgan fingerprint density at radius 2 is 1.56 bits per heavy atom. The summed E-state index contributed by atoms with van der Waals surface area (Å²) in [5.41, 5.74) is 0.527. The van der Waals surface area contributed by atoms with E-state index in [0.717, 1.165) is 0 Å². The summed E-state index contributed by atoms with van der Waals surface area (Å²) in [7, 11) is 0. The number of allylic oxidation sites excluding steroid dienone is 1. The zero-order valence-electron chi connectivity index (χ0n) is 9.40. The molecule has 0 spiro atoms. The van der Waals surface area contributed by atoms with Crippen LogP contribution in [0, 0.1) is 23.0 Å². The highest BCUT2D eigenvalue weighted by atomic mass is 19.1. The smallest absolute Gasteiger partial charge is 0.131 e. The van der Waals surface area contributed by atoms with Crippen LogP contribution in [0.25, 0.3) is 11.6 Å². The first-order valence-electron chi connectivity index (χ1n) is 5.33. The van der Waals surface area contributed by atoms with Gasteiger partial charge in [-0.15, -0.1) is 0 Å². The number of rotatable bonds is 2. The van der Waals surface area contributed by atoms with E-state index < -0.39 is 11.6 Å². The average molecular weight is 241 g/mol. The molecule has 0 aromatic heterocycles. The number of nitrogens with zero attached hydrogens (tertiary/aromatic N) is 1. The first kappa shape index (κ1) is 12.0. The molecule has 18 heavy (non-hydrogen) atoms. The lowest BCUT2D eigenvalue weighted by Crippen LogP contribution is -1.88. The lowest BCUT2D eigenvalue weighted by molar-refractivity contribution is 0.623. The van der Waals surface area contributed by atoms with E-state index >= 15 is 0 Å². The Bertz CT molecular complexity index is 639. The summed E-state index contributed by atoms with van der Waals surface area (Å²) in [6.45, 7) is 0. The minimum atomic E-state index is -0.498. The molecule has 0 N–H and O–H groups in total. The molecule has 0 aliphatic heterocycles. The lowest BCUT2D eigenvalue weighted by Gasteiger charge is -2.02. The van der Waals surface area contributed by atoms with Crippen molar-refractivity contribution in [2.24, 2.45) is 0 Å². The molecule has 0 unspecified atom stereocenters. The predicted octanol–water partition coefficient (Wildman–Crippen LogP) is 4.03. The first-order valence-corrected chi connectivity index (χ1v) is 5.33. The minimum absolute atomic E-state index is 0.0956. The second-order valence-corrected chi connectivity index (χ2v) is 3.67. The van der Waals surface area contributed by atoms with Gasteiger partial charge < -0.3 is 0 Å². The van der Waals surface area contributed by atoms with E-state index in [9.17, 15) is 8.78 Å². The van der Waals surface area contributed by atoms with Gasteiger partial charge in [0.15, 0.2) is 0 Å². The zero-order valence-corrected chi connectivity index (χ0v) is 9.40. The van der Waals surface area contributed by atoms with Crippen molar-refractivity contribution in [3.63, 3.8) is 0 Å². The van der Waals surface area contributed by atoms with Crippen LogP contribution in [0.1, 0.15) is 11.1 Å². The van der Waals surface area contributed by atoms with Crippen LogP contribution < -0.4 is 0 Å². The Balaban J connectivity index is 2.52. The molecule has 0 saturated heterocycles. The van der Waals surface area contributed by atoms with Crippen LogP contribution in [0.4, 0.5) is 8.78 Å². The highest BCUT2D eigenvalue weighted by Gasteiger charge is 2.07. The highest BCUT2D eigenvalue weighted by molar-refractivity contribution is 5.89. The fourth-order valence-corrected chi connectivity index (χ4v) is 1.60. The van der Waals surface area contributed by atoms with Crippen molar-refractivity contribution in [1.82, 2.24) is 0 Å². The maximum absolute atomic E-state index is 13.5. The molecule has 1 nitrogen and oxygen atoms in total. The largest absolute Gasteiger partial charge is 0.206 e. The van der Waals surface area contributed by atoms with Crippen LogP contribution in [0.3, 0.4) is 0 Å². The third-order valence-corrected chi connectivity index (χ3v) is 2.49. The fourth-order valence-electron chi connectivity index (χ4n) is 1.60. The molecule has 2 aromatic carbocycles. The Hall–Kier alpha value is -2.47. The van der Waals surface area contributed by atoms with Crippen molar-refractivity contribution >= 4 is 11.6 Å². The van der Waals surface area contributed by atoms with Gasteiger partial charge in [0.2, 0.25) is 0 Å². The van der Waals surface area contributed by atoms with E-state index in [1.807, 2.05) is 6.07 Å². The van der Waals surface area contributed by atoms with E-state index in [-0.39, 0.29) is 16.7 Å². The molecule has 88 valence electrons. The molecule has 2 rings (SSSR count). The Morgan fingerprint density at radius 3 is 2.17 bits per heavy atom.